The first-order chi connectivity index (χ1) is 11.0. The van der Waals surface area contributed by atoms with Crippen molar-refractivity contribution in [2.75, 3.05) is 5.75 Å². The summed E-state index contributed by atoms with van der Waals surface area (Å²) in [6.45, 7) is 9.26. The van der Waals surface area contributed by atoms with Crippen LogP contribution in [0.2, 0.25) is 0 Å². The van der Waals surface area contributed by atoms with E-state index < -0.39 is 30.5 Å². The molecule has 0 aromatic carbocycles. The number of nitrogens with zero attached hydrogens (tertiary/aromatic N) is 1. The molecule has 0 aliphatic carbocycles. The van der Waals surface area contributed by atoms with E-state index in [0.717, 1.165) is 11.8 Å². The second kappa shape index (κ2) is 7.13. The fourth-order valence-corrected chi connectivity index (χ4v) is 2.85. The summed E-state index contributed by atoms with van der Waals surface area (Å²) < 4.78 is 11.9. The Morgan fingerprint density at radius 2 is 1.83 bits per heavy atom. The van der Waals surface area contributed by atoms with Crippen molar-refractivity contribution < 1.29 is 24.3 Å². The Morgan fingerprint density at radius 3 is 2.38 bits per heavy atom. The Morgan fingerprint density at radius 1 is 1.25 bits per heavy atom. The first-order valence-corrected chi connectivity index (χ1v) is 8.82. The van der Waals surface area contributed by atoms with E-state index >= 15 is 0 Å². The maximum Gasteiger partial charge on any atom is 0.496 e. The second-order valence-electron chi connectivity index (χ2n) is 6.95. The lowest BCUT2D eigenvalue weighted by atomic mass is 9.79. The van der Waals surface area contributed by atoms with Gasteiger partial charge < -0.3 is 19.5 Å². The zero-order valence-electron chi connectivity index (χ0n) is 14.6. The highest BCUT2D eigenvalue weighted by atomic mass is 32.2. The predicted molar refractivity (Wildman–Crippen MR) is 94.1 cm³/mol. The fraction of sp³-hybridized carbons (Fsp3) is 0.625. The molecule has 2 N–H and O–H groups in total. The minimum atomic E-state index is -1.13. The summed E-state index contributed by atoms with van der Waals surface area (Å²) >= 11 is 0.973. The molecule has 1 aromatic heterocycles. The summed E-state index contributed by atoms with van der Waals surface area (Å²) in [6, 6.07) is 1.71. The third-order valence-corrected chi connectivity index (χ3v) is 5.38. The third-order valence-electron chi connectivity index (χ3n) is 4.47. The molecule has 1 aliphatic rings. The van der Waals surface area contributed by atoms with Crippen LogP contribution in [0.25, 0.3) is 0 Å². The number of pyridine rings is 1. The Bertz CT molecular complexity index is 594. The van der Waals surface area contributed by atoms with E-state index in [9.17, 15) is 15.0 Å². The molecular formula is C16H24BNO5S. The lowest BCUT2D eigenvalue weighted by Gasteiger charge is -2.32. The highest BCUT2D eigenvalue weighted by Gasteiger charge is 2.51. The number of aliphatic hydroxyl groups excluding tert-OH is 2. The van der Waals surface area contributed by atoms with Crippen molar-refractivity contribution in [3.05, 3.63) is 24.0 Å². The monoisotopic (exact) mass is 353 g/mol. The van der Waals surface area contributed by atoms with Gasteiger partial charge in [0.2, 0.25) is 0 Å². The molecule has 0 saturated carbocycles. The summed E-state index contributed by atoms with van der Waals surface area (Å²) in [5.74, 6) is 0.122. The normalized spacial score (nSPS) is 21.5. The Balaban J connectivity index is 2.13. The summed E-state index contributed by atoms with van der Waals surface area (Å²) in [6.07, 6.45) is 0.914. The molecule has 2 heterocycles. The van der Waals surface area contributed by atoms with Gasteiger partial charge in [0.1, 0.15) is 6.10 Å². The van der Waals surface area contributed by atoms with Gasteiger partial charge >= 0.3 is 7.12 Å². The molecule has 0 spiro atoms. The van der Waals surface area contributed by atoms with E-state index in [0.29, 0.717) is 11.0 Å². The molecule has 1 saturated heterocycles. The lowest BCUT2D eigenvalue weighted by molar-refractivity contribution is -0.109. The van der Waals surface area contributed by atoms with Crippen molar-refractivity contribution in [1.82, 2.24) is 4.98 Å². The average Bonchev–Trinajstić information content (AvgIpc) is 2.72. The van der Waals surface area contributed by atoms with Gasteiger partial charge in [0.15, 0.2) is 5.12 Å². The molecule has 0 bridgehead atoms. The van der Waals surface area contributed by atoms with Gasteiger partial charge in [-0.1, -0.05) is 17.8 Å². The van der Waals surface area contributed by atoms with Gasteiger partial charge in [0.05, 0.1) is 17.3 Å². The molecule has 2 atom stereocenters. The molecule has 24 heavy (non-hydrogen) atoms. The quantitative estimate of drug-likeness (QED) is 0.765. The van der Waals surface area contributed by atoms with Crippen molar-refractivity contribution in [3.8, 4) is 0 Å². The number of rotatable bonds is 5. The maximum atomic E-state index is 11.0. The minimum absolute atomic E-state index is 0.106. The fourth-order valence-electron chi connectivity index (χ4n) is 2.26. The van der Waals surface area contributed by atoms with Crippen molar-refractivity contribution >= 4 is 29.5 Å². The molecule has 1 aromatic rings. The van der Waals surface area contributed by atoms with Crippen LogP contribution in [0.5, 0.6) is 0 Å². The summed E-state index contributed by atoms with van der Waals surface area (Å²) in [5.41, 5.74) is 0.198. The zero-order chi connectivity index (χ0) is 18.1. The second-order valence-corrected chi connectivity index (χ2v) is 8.15. The maximum absolute atomic E-state index is 11.0. The average molecular weight is 353 g/mol. The summed E-state index contributed by atoms with van der Waals surface area (Å²) in [7, 11) is -0.585. The van der Waals surface area contributed by atoms with Crippen LogP contribution < -0.4 is 5.46 Å². The molecule has 1 fully saturated rings. The number of aromatic nitrogens is 1. The van der Waals surface area contributed by atoms with E-state index in [1.165, 1.54) is 13.1 Å². The molecular weight excluding hydrogens is 329 g/mol. The Kier molecular flexibility index (Phi) is 5.77. The topological polar surface area (TPSA) is 88.9 Å². The standard InChI is InChI=1S/C16H24BNO5S/c1-10(19)24-9-13(20)14(21)11-6-12(8-18-7-11)17-22-15(2,3)16(4,5)23-17/h6-8,13-14,20-21H,9H2,1-5H3. The smallest absolute Gasteiger partial charge is 0.399 e. The predicted octanol–water partition coefficient (Wildman–Crippen LogP) is 1.05. The Hall–Kier alpha value is -0.925. The summed E-state index contributed by atoms with van der Waals surface area (Å²) in [4.78, 5) is 15.1. The van der Waals surface area contributed by atoms with Crippen molar-refractivity contribution in [2.24, 2.45) is 0 Å². The van der Waals surface area contributed by atoms with Gasteiger partial charge in [-0.2, -0.15) is 0 Å². The van der Waals surface area contributed by atoms with Crippen LogP contribution in [-0.4, -0.2) is 50.5 Å². The number of hydrogen-bond donors (Lipinski definition) is 2. The minimum Gasteiger partial charge on any atom is -0.399 e. The number of carbonyl (C=O) groups is 1. The van der Waals surface area contributed by atoms with E-state index in [2.05, 4.69) is 4.98 Å². The lowest BCUT2D eigenvalue weighted by Crippen LogP contribution is -2.41. The molecule has 2 unspecified atom stereocenters. The van der Waals surface area contributed by atoms with Gasteiger partial charge in [-0.15, -0.1) is 0 Å². The van der Waals surface area contributed by atoms with Gasteiger partial charge in [0.25, 0.3) is 0 Å². The molecule has 1 aliphatic heterocycles. The molecule has 8 heteroatoms. The first kappa shape index (κ1) is 19.4. The zero-order valence-corrected chi connectivity index (χ0v) is 15.5. The highest BCUT2D eigenvalue weighted by Crippen LogP contribution is 2.36. The van der Waals surface area contributed by atoms with E-state index in [4.69, 9.17) is 9.31 Å². The van der Waals surface area contributed by atoms with Crippen molar-refractivity contribution in [1.29, 1.82) is 0 Å². The number of hydrogen-bond acceptors (Lipinski definition) is 7. The van der Waals surface area contributed by atoms with Crippen molar-refractivity contribution in [2.45, 2.75) is 58.0 Å². The Labute approximate surface area is 147 Å². The van der Waals surface area contributed by atoms with Crippen LogP contribution in [0.4, 0.5) is 0 Å². The van der Waals surface area contributed by atoms with Gasteiger partial charge in [0, 0.05) is 36.1 Å². The van der Waals surface area contributed by atoms with E-state index in [-0.39, 0.29) is 10.9 Å². The van der Waals surface area contributed by atoms with Gasteiger partial charge in [-0.05, 0) is 27.7 Å². The van der Waals surface area contributed by atoms with Gasteiger partial charge in [-0.3, -0.25) is 9.78 Å². The molecule has 6 nitrogen and oxygen atoms in total. The molecule has 2 rings (SSSR count). The number of aliphatic hydroxyl groups is 2. The van der Waals surface area contributed by atoms with Crippen LogP contribution in [0.1, 0.15) is 46.3 Å². The molecule has 0 amide bonds. The van der Waals surface area contributed by atoms with Crippen molar-refractivity contribution in [3.63, 3.8) is 0 Å². The highest BCUT2D eigenvalue weighted by molar-refractivity contribution is 8.13. The van der Waals surface area contributed by atoms with Gasteiger partial charge in [-0.25, -0.2) is 0 Å². The largest absolute Gasteiger partial charge is 0.496 e. The van der Waals surface area contributed by atoms with Crippen LogP contribution in [0.3, 0.4) is 0 Å². The number of thioether (sulfide) groups is 1. The van der Waals surface area contributed by atoms with Crippen LogP contribution in [0.15, 0.2) is 18.5 Å². The SMILES string of the molecule is CC(=O)SCC(O)C(O)c1cncc(B2OC(C)(C)C(C)(C)O2)c1. The van der Waals surface area contributed by atoms with Crippen LogP contribution >= 0.6 is 11.8 Å². The molecule has 132 valence electrons. The van der Waals surface area contributed by atoms with Crippen LogP contribution in [-0.2, 0) is 14.1 Å². The number of carbonyl (C=O) groups excluding carboxylic acids is 1. The van der Waals surface area contributed by atoms with E-state index in [1.54, 1.807) is 12.3 Å². The first-order valence-electron chi connectivity index (χ1n) is 7.83. The summed E-state index contributed by atoms with van der Waals surface area (Å²) in [5, 5.41) is 20.2. The molecule has 0 radical (unpaired) electrons. The third kappa shape index (κ3) is 4.18. The van der Waals surface area contributed by atoms with Crippen LogP contribution in [0, 0.1) is 0 Å². The van der Waals surface area contributed by atoms with E-state index in [1.807, 2.05) is 27.7 Å².